The first-order valence-electron chi connectivity index (χ1n) is 11.3. The SMILES string of the molecule is CCc1nc(CC2CCC(C)c3ccc(N)c(C#N)c32)c(CC)c(NC(C)(C)CO)n1. The van der Waals surface area contributed by atoms with Gasteiger partial charge in [-0.05, 0) is 68.6 Å². The summed E-state index contributed by atoms with van der Waals surface area (Å²) in [4.78, 5) is 9.66. The van der Waals surface area contributed by atoms with E-state index in [1.165, 1.54) is 5.56 Å². The summed E-state index contributed by atoms with van der Waals surface area (Å²) in [5.41, 5.74) is 11.3. The Labute approximate surface area is 185 Å². The lowest BCUT2D eigenvalue weighted by Crippen LogP contribution is -2.36. The van der Waals surface area contributed by atoms with Crippen LogP contribution in [-0.4, -0.2) is 27.2 Å². The maximum atomic E-state index is 9.84. The predicted molar refractivity (Wildman–Crippen MR) is 125 cm³/mol. The van der Waals surface area contributed by atoms with Crippen molar-refractivity contribution < 1.29 is 5.11 Å². The highest BCUT2D eigenvalue weighted by molar-refractivity contribution is 5.63. The quantitative estimate of drug-likeness (QED) is 0.570. The second-order valence-corrected chi connectivity index (χ2v) is 9.31. The smallest absolute Gasteiger partial charge is 0.133 e. The van der Waals surface area contributed by atoms with E-state index in [1.807, 2.05) is 19.9 Å². The number of aryl methyl sites for hydroxylation is 1. The number of fused-ring (bicyclic) bond motifs is 1. The van der Waals surface area contributed by atoms with E-state index in [-0.39, 0.29) is 12.5 Å². The monoisotopic (exact) mass is 421 g/mol. The number of nitrogens with two attached hydrogens (primary N) is 1. The molecule has 0 spiro atoms. The molecule has 2 unspecified atom stereocenters. The maximum absolute atomic E-state index is 9.84. The summed E-state index contributed by atoms with van der Waals surface area (Å²) >= 11 is 0. The number of anilines is 2. The minimum absolute atomic E-state index is 0.00957. The molecular formula is C25H35N5O. The van der Waals surface area contributed by atoms with Gasteiger partial charge in [-0.2, -0.15) is 5.26 Å². The number of nitrogens with one attached hydrogen (secondary N) is 1. The van der Waals surface area contributed by atoms with Gasteiger partial charge in [0.05, 0.1) is 17.7 Å². The summed E-state index contributed by atoms with van der Waals surface area (Å²) in [6, 6.07) is 6.33. The molecule has 31 heavy (non-hydrogen) atoms. The van der Waals surface area contributed by atoms with Crippen LogP contribution in [0, 0.1) is 11.3 Å². The Hall–Kier alpha value is -2.65. The van der Waals surface area contributed by atoms with Gasteiger partial charge in [-0.25, -0.2) is 9.97 Å². The van der Waals surface area contributed by atoms with Crippen molar-refractivity contribution in [2.24, 2.45) is 0 Å². The van der Waals surface area contributed by atoms with Crippen LogP contribution in [0.3, 0.4) is 0 Å². The van der Waals surface area contributed by atoms with Crippen LogP contribution in [0.2, 0.25) is 0 Å². The summed E-state index contributed by atoms with van der Waals surface area (Å²) in [5.74, 6) is 2.22. The number of nitriles is 1. The number of rotatable bonds is 7. The summed E-state index contributed by atoms with van der Waals surface area (Å²) in [5, 5.41) is 23.0. The van der Waals surface area contributed by atoms with Gasteiger partial charge < -0.3 is 16.2 Å². The van der Waals surface area contributed by atoms with Crippen molar-refractivity contribution in [3.05, 3.63) is 45.9 Å². The Morgan fingerprint density at radius 3 is 2.58 bits per heavy atom. The molecule has 2 aromatic rings. The minimum atomic E-state index is -0.476. The van der Waals surface area contributed by atoms with Gasteiger partial charge in [-0.1, -0.05) is 26.8 Å². The van der Waals surface area contributed by atoms with Crippen LogP contribution in [0.15, 0.2) is 12.1 Å². The molecule has 2 atom stereocenters. The largest absolute Gasteiger partial charge is 0.398 e. The fourth-order valence-electron chi connectivity index (χ4n) is 4.58. The van der Waals surface area contributed by atoms with Crippen LogP contribution in [0.1, 0.15) is 93.1 Å². The number of nitrogen functional groups attached to an aromatic ring is 1. The molecule has 1 heterocycles. The molecule has 6 nitrogen and oxygen atoms in total. The normalized spacial score (nSPS) is 18.4. The van der Waals surface area contributed by atoms with Crippen molar-refractivity contribution >= 4 is 11.5 Å². The van der Waals surface area contributed by atoms with Gasteiger partial charge in [0.2, 0.25) is 0 Å². The highest BCUT2D eigenvalue weighted by Gasteiger charge is 2.30. The number of benzene rings is 1. The average Bonchev–Trinajstić information content (AvgIpc) is 2.75. The Morgan fingerprint density at radius 2 is 1.97 bits per heavy atom. The molecule has 0 aliphatic heterocycles. The molecule has 0 saturated heterocycles. The minimum Gasteiger partial charge on any atom is -0.398 e. The molecule has 0 saturated carbocycles. The van der Waals surface area contributed by atoms with Gasteiger partial charge in [0.1, 0.15) is 17.7 Å². The third kappa shape index (κ3) is 4.67. The summed E-state index contributed by atoms with van der Waals surface area (Å²) in [6.45, 7) is 10.3. The van der Waals surface area contributed by atoms with Gasteiger partial charge >= 0.3 is 0 Å². The third-order valence-electron chi connectivity index (χ3n) is 6.41. The molecule has 0 radical (unpaired) electrons. The number of hydrogen-bond donors (Lipinski definition) is 3. The number of aliphatic hydroxyl groups is 1. The maximum Gasteiger partial charge on any atom is 0.133 e. The first-order chi connectivity index (χ1) is 14.7. The molecule has 0 amide bonds. The molecule has 1 aromatic heterocycles. The van der Waals surface area contributed by atoms with Crippen molar-refractivity contribution in [3.8, 4) is 6.07 Å². The van der Waals surface area contributed by atoms with Crippen LogP contribution in [-0.2, 0) is 19.3 Å². The van der Waals surface area contributed by atoms with Crippen molar-refractivity contribution in [2.45, 2.75) is 84.1 Å². The Kier molecular flexibility index (Phi) is 6.86. The van der Waals surface area contributed by atoms with E-state index in [0.29, 0.717) is 17.2 Å². The van der Waals surface area contributed by atoms with E-state index in [9.17, 15) is 10.4 Å². The molecule has 0 fully saturated rings. The van der Waals surface area contributed by atoms with E-state index < -0.39 is 5.54 Å². The van der Waals surface area contributed by atoms with Gasteiger partial charge in [-0.15, -0.1) is 0 Å². The number of aromatic nitrogens is 2. The van der Waals surface area contributed by atoms with E-state index in [2.05, 4.69) is 38.2 Å². The number of aliphatic hydroxyl groups excluding tert-OH is 1. The van der Waals surface area contributed by atoms with E-state index in [4.69, 9.17) is 15.7 Å². The number of nitrogens with zero attached hydrogens (tertiary/aromatic N) is 3. The Bertz CT molecular complexity index is 992. The van der Waals surface area contributed by atoms with Gasteiger partial charge in [0, 0.05) is 23.4 Å². The van der Waals surface area contributed by atoms with Crippen molar-refractivity contribution in [1.29, 1.82) is 5.26 Å². The predicted octanol–water partition coefficient (Wildman–Crippen LogP) is 4.46. The lowest BCUT2D eigenvalue weighted by molar-refractivity contribution is 0.233. The molecular weight excluding hydrogens is 386 g/mol. The second kappa shape index (κ2) is 9.23. The first kappa shape index (κ1) is 23.0. The molecule has 3 rings (SSSR count). The van der Waals surface area contributed by atoms with Crippen LogP contribution in [0.5, 0.6) is 0 Å². The van der Waals surface area contributed by atoms with Gasteiger partial charge in [0.25, 0.3) is 0 Å². The molecule has 166 valence electrons. The third-order valence-corrected chi connectivity index (χ3v) is 6.41. The van der Waals surface area contributed by atoms with Crippen LogP contribution >= 0.6 is 0 Å². The zero-order chi connectivity index (χ0) is 22.8. The van der Waals surface area contributed by atoms with E-state index >= 15 is 0 Å². The van der Waals surface area contributed by atoms with Crippen LogP contribution < -0.4 is 11.1 Å². The van der Waals surface area contributed by atoms with Crippen molar-refractivity contribution in [1.82, 2.24) is 9.97 Å². The summed E-state index contributed by atoms with van der Waals surface area (Å²) in [6.07, 6.45) is 4.37. The van der Waals surface area contributed by atoms with Crippen LogP contribution in [0.4, 0.5) is 11.5 Å². The highest BCUT2D eigenvalue weighted by atomic mass is 16.3. The van der Waals surface area contributed by atoms with E-state index in [0.717, 1.165) is 60.6 Å². The summed E-state index contributed by atoms with van der Waals surface area (Å²) in [7, 11) is 0. The Balaban J connectivity index is 2.09. The lowest BCUT2D eigenvalue weighted by Gasteiger charge is -2.32. The zero-order valence-corrected chi connectivity index (χ0v) is 19.4. The number of hydrogen-bond acceptors (Lipinski definition) is 6. The van der Waals surface area contributed by atoms with Crippen LogP contribution in [0.25, 0.3) is 0 Å². The fraction of sp³-hybridized carbons (Fsp3) is 0.560. The van der Waals surface area contributed by atoms with Gasteiger partial charge in [0.15, 0.2) is 0 Å². The molecule has 1 aliphatic carbocycles. The molecule has 6 heteroatoms. The Morgan fingerprint density at radius 1 is 1.23 bits per heavy atom. The standard InChI is InChI=1S/C25H35N5O/c1-6-17-21(28-22(7-2)29-24(17)30-25(4,5)14-31)12-16-9-8-15(3)18-10-11-20(27)19(13-26)23(16)18/h10-11,15-16,31H,6-9,12,14,27H2,1-5H3,(H,28,29,30). The highest BCUT2D eigenvalue weighted by Crippen LogP contribution is 2.43. The van der Waals surface area contributed by atoms with Gasteiger partial charge in [-0.3, -0.25) is 0 Å². The fourth-order valence-corrected chi connectivity index (χ4v) is 4.58. The molecule has 1 aromatic carbocycles. The second-order valence-electron chi connectivity index (χ2n) is 9.31. The summed E-state index contributed by atoms with van der Waals surface area (Å²) < 4.78 is 0. The zero-order valence-electron chi connectivity index (χ0n) is 19.4. The van der Waals surface area contributed by atoms with Crippen molar-refractivity contribution in [3.63, 3.8) is 0 Å². The van der Waals surface area contributed by atoms with Crippen molar-refractivity contribution in [2.75, 3.05) is 17.7 Å². The molecule has 1 aliphatic rings. The molecule has 0 bridgehead atoms. The average molecular weight is 422 g/mol. The van der Waals surface area contributed by atoms with E-state index in [1.54, 1.807) is 0 Å². The topological polar surface area (TPSA) is 108 Å². The molecule has 4 N–H and O–H groups in total. The lowest BCUT2D eigenvalue weighted by atomic mass is 9.73. The first-order valence-corrected chi connectivity index (χ1v) is 11.3.